The van der Waals surface area contributed by atoms with Crippen LogP contribution in [0.1, 0.15) is 11.3 Å². The fraction of sp³-hybridized carbons (Fsp3) is 0.130. The Bertz CT molecular complexity index is 1430. The number of phenols is 2. The molecule has 170 valence electrons. The molecule has 0 atom stereocenters. The summed E-state index contributed by atoms with van der Waals surface area (Å²) in [5.41, 5.74) is 2.49. The van der Waals surface area contributed by atoms with Crippen LogP contribution in [0.3, 0.4) is 0 Å². The summed E-state index contributed by atoms with van der Waals surface area (Å²) in [4.78, 5) is 3.61. The number of sulfonamides is 1. The number of aromatic hydroxyl groups is 3. The Morgan fingerprint density at radius 1 is 0.939 bits per heavy atom. The molecule has 2 aromatic carbocycles. The molecule has 0 spiro atoms. The average molecular weight is 467 g/mol. The average Bonchev–Trinajstić information content (AvgIpc) is 3.24. The number of pyridine rings is 1. The van der Waals surface area contributed by atoms with Gasteiger partial charge in [-0.3, -0.25) is 4.98 Å². The Hall–Kier alpha value is -3.89. The van der Waals surface area contributed by atoms with Crippen molar-refractivity contribution in [3.05, 3.63) is 78.2 Å². The smallest absolute Gasteiger partial charge is 0.246 e. The fourth-order valence-corrected chi connectivity index (χ4v) is 4.70. The molecule has 4 rings (SSSR count). The number of aryl methyl sites for hydroxylation is 1. The summed E-state index contributed by atoms with van der Waals surface area (Å²) in [6.45, 7) is 1.70. The van der Waals surface area contributed by atoms with Crippen LogP contribution in [0.5, 0.6) is 17.2 Å². The Balaban J connectivity index is 1.79. The molecular formula is C23H22N4O5S. The first-order chi connectivity index (χ1) is 15.7. The third-order valence-electron chi connectivity index (χ3n) is 5.27. The number of phenolic OH excluding ortho intramolecular Hbond substituents is 2. The lowest BCUT2D eigenvalue weighted by molar-refractivity contribution is 0.419. The number of nitrogens with zero attached hydrogens (tertiary/aromatic N) is 4. The molecule has 0 aliphatic heterocycles. The zero-order chi connectivity index (χ0) is 23.8. The quantitative estimate of drug-likeness (QED) is 0.398. The SMILES string of the molecule is Cc1ccccc1-n1nccc1-c1cc(S(=O)(=O)N(C)Cc2ncccc2O)c(O)cc1O. The zero-order valence-corrected chi connectivity index (χ0v) is 18.7. The van der Waals surface area contributed by atoms with Crippen LogP contribution < -0.4 is 0 Å². The van der Waals surface area contributed by atoms with E-state index >= 15 is 0 Å². The summed E-state index contributed by atoms with van der Waals surface area (Å²) in [6.07, 6.45) is 2.98. The van der Waals surface area contributed by atoms with E-state index in [4.69, 9.17) is 0 Å². The second-order valence-corrected chi connectivity index (χ2v) is 9.50. The van der Waals surface area contributed by atoms with Crippen LogP contribution >= 0.6 is 0 Å². The second-order valence-electron chi connectivity index (χ2n) is 7.48. The van der Waals surface area contributed by atoms with Crippen molar-refractivity contribution < 1.29 is 23.7 Å². The summed E-state index contributed by atoms with van der Waals surface area (Å²) < 4.78 is 29.1. The van der Waals surface area contributed by atoms with E-state index in [1.165, 1.54) is 37.6 Å². The predicted octanol–water partition coefficient (Wildman–Crippen LogP) is 3.18. The van der Waals surface area contributed by atoms with E-state index in [1.807, 2.05) is 31.2 Å². The maximum atomic E-state index is 13.3. The van der Waals surface area contributed by atoms with Crippen LogP contribution in [-0.2, 0) is 16.6 Å². The van der Waals surface area contributed by atoms with Crippen molar-refractivity contribution in [1.82, 2.24) is 19.1 Å². The lowest BCUT2D eigenvalue weighted by atomic mass is 10.1. The standard InChI is InChI=1S/C23H22N4O5S/c1-15-6-3-4-7-18(15)27-19(9-11-25-27)16-12-23(22(30)13-21(16)29)33(31,32)26(2)14-17-20(28)8-5-10-24-17/h3-13,28-30H,14H2,1-2H3. The van der Waals surface area contributed by atoms with Crippen LogP contribution in [0.25, 0.3) is 16.9 Å². The lowest BCUT2D eigenvalue weighted by Crippen LogP contribution is -2.27. The largest absolute Gasteiger partial charge is 0.507 e. The summed E-state index contributed by atoms with van der Waals surface area (Å²) in [6, 6.07) is 14.3. The molecule has 0 aliphatic carbocycles. The number of rotatable bonds is 6. The molecule has 2 aromatic heterocycles. The van der Waals surface area contributed by atoms with E-state index < -0.39 is 20.7 Å². The topological polar surface area (TPSA) is 129 Å². The van der Waals surface area contributed by atoms with E-state index in [-0.39, 0.29) is 29.3 Å². The Morgan fingerprint density at radius 3 is 2.42 bits per heavy atom. The fourth-order valence-electron chi connectivity index (χ4n) is 3.48. The minimum atomic E-state index is -4.21. The van der Waals surface area contributed by atoms with Crippen LogP contribution in [-0.4, -0.2) is 49.9 Å². The molecule has 2 heterocycles. The number of hydrogen-bond donors (Lipinski definition) is 3. The molecule has 3 N–H and O–H groups in total. The molecular weight excluding hydrogens is 444 g/mol. The van der Waals surface area contributed by atoms with E-state index in [1.54, 1.807) is 10.7 Å². The highest BCUT2D eigenvalue weighted by molar-refractivity contribution is 7.89. The molecule has 0 bridgehead atoms. The van der Waals surface area contributed by atoms with Crippen molar-refractivity contribution in [2.24, 2.45) is 0 Å². The van der Waals surface area contributed by atoms with E-state index in [2.05, 4.69) is 10.1 Å². The van der Waals surface area contributed by atoms with Gasteiger partial charge in [0.1, 0.15) is 22.1 Å². The van der Waals surface area contributed by atoms with Crippen LogP contribution in [0.2, 0.25) is 0 Å². The molecule has 9 nitrogen and oxygen atoms in total. The van der Waals surface area contributed by atoms with Gasteiger partial charge in [-0.15, -0.1) is 0 Å². The molecule has 10 heteroatoms. The van der Waals surface area contributed by atoms with E-state index in [9.17, 15) is 23.7 Å². The first kappa shape index (κ1) is 22.3. The highest BCUT2D eigenvalue weighted by Gasteiger charge is 2.28. The van der Waals surface area contributed by atoms with Crippen molar-refractivity contribution in [1.29, 1.82) is 0 Å². The summed E-state index contributed by atoms with van der Waals surface area (Å²) in [5.74, 6) is -1.04. The van der Waals surface area contributed by atoms with Gasteiger partial charge in [-0.2, -0.15) is 9.40 Å². The molecule has 0 unspecified atom stereocenters. The molecule has 0 radical (unpaired) electrons. The highest BCUT2D eigenvalue weighted by atomic mass is 32.2. The molecule has 0 amide bonds. The van der Waals surface area contributed by atoms with Crippen molar-refractivity contribution >= 4 is 10.0 Å². The van der Waals surface area contributed by atoms with Crippen LogP contribution in [0, 0.1) is 6.92 Å². The Kier molecular flexibility index (Phi) is 5.79. The maximum Gasteiger partial charge on any atom is 0.246 e. The Labute approximate surface area is 190 Å². The summed E-state index contributed by atoms with van der Waals surface area (Å²) in [7, 11) is -2.90. The Morgan fingerprint density at radius 2 is 1.70 bits per heavy atom. The van der Waals surface area contributed by atoms with Crippen molar-refractivity contribution in [3.63, 3.8) is 0 Å². The van der Waals surface area contributed by atoms with Crippen molar-refractivity contribution in [3.8, 4) is 34.2 Å². The van der Waals surface area contributed by atoms with Gasteiger partial charge < -0.3 is 15.3 Å². The molecule has 0 saturated heterocycles. The summed E-state index contributed by atoms with van der Waals surface area (Å²) >= 11 is 0. The zero-order valence-electron chi connectivity index (χ0n) is 17.9. The van der Waals surface area contributed by atoms with Gasteiger partial charge in [-0.25, -0.2) is 13.1 Å². The van der Waals surface area contributed by atoms with Gasteiger partial charge in [0.2, 0.25) is 10.0 Å². The van der Waals surface area contributed by atoms with Crippen molar-refractivity contribution in [2.75, 3.05) is 7.05 Å². The summed E-state index contributed by atoms with van der Waals surface area (Å²) in [5, 5.41) is 35.2. The van der Waals surface area contributed by atoms with Gasteiger partial charge in [-0.1, -0.05) is 18.2 Å². The number of hydrogen-bond acceptors (Lipinski definition) is 7. The van der Waals surface area contributed by atoms with Gasteiger partial charge in [0.05, 0.1) is 29.8 Å². The minimum absolute atomic E-state index is 0.141. The molecule has 4 aromatic rings. The lowest BCUT2D eigenvalue weighted by Gasteiger charge is -2.19. The van der Waals surface area contributed by atoms with Crippen LogP contribution in [0.4, 0.5) is 0 Å². The predicted molar refractivity (Wildman–Crippen MR) is 122 cm³/mol. The molecule has 0 saturated carbocycles. The first-order valence-electron chi connectivity index (χ1n) is 9.95. The molecule has 0 aliphatic rings. The van der Waals surface area contributed by atoms with E-state index in [0.717, 1.165) is 21.6 Å². The molecule has 0 fully saturated rings. The normalized spacial score (nSPS) is 11.7. The number of aromatic nitrogens is 3. The van der Waals surface area contributed by atoms with Gasteiger partial charge in [0, 0.05) is 24.9 Å². The van der Waals surface area contributed by atoms with Gasteiger partial charge in [0.15, 0.2) is 0 Å². The highest BCUT2D eigenvalue weighted by Crippen LogP contribution is 2.39. The van der Waals surface area contributed by atoms with Gasteiger partial charge in [-0.05, 0) is 42.8 Å². The first-order valence-corrected chi connectivity index (χ1v) is 11.4. The van der Waals surface area contributed by atoms with Gasteiger partial charge in [0.25, 0.3) is 0 Å². The number of para-hydroxylation sites is 1. The van der Waals surface area contributed by atoms with Gasteiger partial charge >= 0.3 is 0 Å². The minimum Gasteiger partial charge on any atom is -0.507 e. The van der Waals surface area contributed by atoms with E-state index in [0.29, 0.717) is 5.69 Å². The monoisotopic (exact) mass is 466 g/mol. The number of benzene rings is 2. The molecule has 33 heavy (non-hydrogen) atoms. The third-order valence-corrected chi connectivity index (χ3v) is 7.10. The third kappa shape index (κ3) is 4.13. The second kappa shape index (κ2) is 8.57. The maximum absolute atomic E-state index is 13.3. The van der Waals surface area contributed by atoms with Crippen molar-refractivity contribution in [2.45, 2.75) is 18.4 Å². The van der Waals surface area contributed by atoms with Crippen LogP contribution in [0.15, 0.2) is 71.9 Å².